The van der Waals surface area contributed by atoms with E-state index in [4.69, 9.17) is 5.26 Å². The lowest BCUT2D eigenvalue weighted by molar-refractivity contribution is -0.124. The zero-order valence-electron chi connectivity index (χ0n) is 10.7. The molecule has 0 spiro atoms. The number of anilines is 1. The standard InChI is InChI=1S/C14H13N3O3/c15-8-9-3-5-10(6-4-9)17-13(19)12-11(18)2-1-7-16(12)14(17)20/h3-6,11-12,18H,1-2,7H2/t11-,12+/m0/s1. The minimum absolute atomic E-state index is 0.396. The summed E-state index contributed by atoms with van der Waals surface area (Å²) >= 11 is 0. The van der Waals surface area contributed by atoms with E-state index in [0.717, 1.165) is 4.90 Å². The molecular formula is C14H13N3O3. The van der Waals surface area contributed by atoms with Gasteiger partial charge in [0.1, 0.15) is 6.04 Å². The first-order valence-corrected chi connectivity index (χ1v) is 6.46. The highest BCUT2D eigenvalue weighted by Gasteiger charge is 2.50. The SMILES string of the molecule is N#Cc1ccc(N2C(=O)[C@H]3[C@@H](O)CCCN3C2=O)cc1. The Kier molecular flexibility index (Phi) is 2.92. The van der Waals surface area contributed by atoms with E-state index in [-0.39, 0.29) is 0 Å². The van der Waals surface area contributed by atoms with Crippen molar-refractivity contribution < 1.29 is 14.7 Å². The van der Waals surface area contributed by atoms with Gasteiger partial charge in [-0.2, -0.15) is 5.26 Å². The minimum Gasteiger partial charge on any atom is -0.390 e. The van der Waals surface area contributed by atoms with Crippen LogP contribution < -0.4 is 4.90 Å². The third-order valence-electron chi connectivity index (χ3n) is 3.76. The number of rotatable bonds is 1. The molecule has 0 saturated carbocycles. The molecule has 2 aliphatic rings. The van der Waals surface area contributed by atoms with Crippen LogP contribution in [-0.2, 0) is 4.79 Å². The van der Waals surface area contributed by atoms with Gasteiger partial charge in [-0.1, -0.05) is 0 Å². The molecule has 6 heteroatoms. The number of aliphatic hydroxyl groups excluding tert-OH is 1. The summed E-state index contributed by atoms with van der Waals surface area (Å²) in [6, 6.07) is 7.07. The molecule has 0 aromatic heterocycles. The van der Waals surface area contributed by atoms with Crippen molar-refractivity contribution in [2.45, 2.75) is 25.0 Å². The van der Waals surface area contributed by atoms with Crippen molar-refractivity contribution in [1.29, 1.82) is 5.26 Å². The average molecular weight is 271 g/mol. The lowest BCUT2D eigenvalue weighted by Crippen LogP contribution is -2.48. The molecule has 102 valence electrons. The number of fused-ring (bicyclic) bond motifs is 1. The summed E-state index contributed by atoms with van der Waals surface area (Å²) in [7, 11) is 0. The van der Waals surface area contributed by atoms with E-state index in [9.17, 15) is 14.7 Å². The van der Waals surface area contributed by atoms with Crippen molar-refractivity contribution in [3.63, 3.8) is 0 Å². The van der Waals surface area contributed by atoms with Gasteiger partial charge in [-0.3, -0.25) is 4.79 Å². The molecule has 2 saturated heterocycles. The predicted molar refractivity (Wildman–Crippen MR) is 69.8 cm³/mol. The van der Waals surface area contributed by atoms with Gasteiger partial charge in [0.05, 0.1) is 23.4 Å². The molecule has 3 amide bonds. The maximum Gasteiger partial charge on any atom is 0.332 e. The maximum atomic E-state index is 12.4. The summed E-state index contributed by atoms with van der Waals surface area (Å²) in [5.41, 5.74) is 0.895. The first-order chi connectivity index (χ1) is 9.63. The Morgan fingerprint density at radius 3 is 2.55 bits per heavy atom. The minimum atomic E-state index is -0.802. The van der Waals surface area contributed by atoms with Crippen molar-refractivity contribution in [3.05, 3.63) is 29.8 Å². The Labute approximate surface area is 115 Å². The molecule has 0 radical (unpaired) electrons. The molecule has 1 aromatic carbocycles. The van der Waals surface area contributed by atoms with Gasteiger partial charge < -0.3 is 10.0 Å². The van der Waals surface area contributed by atoms with E-state index in [1.807, 2.05) is 6.07 Å². The van der Waals surface area contributed by atoms with Crippen LogP contribution in [0.3, 0.4) is 0 Å². The van der Waals surface area contributed by atoms with E-state index in [1.165, 1.54) is 4.90 Å². The number of amides is 3. The van der Waals surface area contributed by atoms with E-state index in [0.29, 0.717) is 30.6 Å². The number of nitrogens with zero attached hydrogens (tertiary/aromatic N) is 3. The zero-order chi connectivity index (χ0) is 14.3. The van der Waals surface area contributed by atoms with Gasteiger partial charge in [-0.05, 0) is 37.1 Å². The Balaban J connectivity index is 1.95. The van der Waals surface area contributed by atoms with Crippen LogP contribution in [-0.4, -0.2) is 40.6 Å². The van der Waals surface area contributed by atoms with Crippen molar-refractivity contribution in [3.8, 4) is 6.07 Å². The van der Waals surface area contributed by atoms with Crippen LogP contribution in [0, 0.1) is 11.3 Å². The number of hydrogen-bond acceptors (Lipinski definition) is 4. The van der Waals surface area contributed by atoms with Crippen LogP contribution in [0.4, 0.5) is 10.5 Å². The van der Waals surface area contributed by atoms with Crippen LogP contribution in [0.15, 0.2) is 24.3 Å². The van der Waals surface area contributed by atoms with Gasteiger partial charge in [-0.15, -0.1) is 0 Å². The first-order valence-electron chi connectivity index (χ1n) is 6.46. The molecule has 20 heavy (non-hydrogen) atoms. The number of carbonyl (C=O) groups excluding carboxylic acids is 2. The summed E-state index contributed by atoms with van der Waals surface area (Å²) in [6.45, 7) is 0.485. The number of aliphatic hydroxyl groups is 1. The second-order valence-electron chi connectivity index (χ2n) is 4.96. The lowest BCUT2D eigenvalue weighted by atomic mass is 10.00. The van der Waals surface area contributed by atoms with Crippen molar-refractivity contribution in [2.75, 3.05) is 11.4 Å². The molecule has 2 heterocycles. The number of carbonyl (C=O) groups is 2. The molecule has 3 rings (SSSR count). The van der Waals surface area contributed by atoms with Crippen LogP contribution >= 0.6 is 0 Å². The molecule has 1 aromatic rings. The third kappa shape index (κ3) is 1.75. The fraction of sp³-hybridized carbons (Fsp3) is 0.357. The summed E-state index contributed by atoms with van der Waals surface area (Å²) in [6.07, 6.45) is 0.419. The number of piperidine rings is 1. The number of nitriles is 1. The first kappa shape index (κ1) is 12.6. The van der Waals surface area contributed by atoms with Gasteiger partial charge in [0.25, 0.3) is 5.91 Å². The van der Waals surface area contributed by atoms with Crippen LogP contribution in [0.25, 0.3) is 0 Å². The van der Waals surface area contributed by atoms with Gasteiger partial charge in [0.15, 0.2) is 0 Å². The lowest BCUT2D eigenvalue weighted by Gasteiger charge is -2.30. The van der Waals surface area contributed by atoms with Crippen molar-refractivity contribution >= 4 is 17.6 Å². The molecule has 0 bridgehead atoms. The second kappa shape index (κ2) is 4.62. The van der Waals surface area contributed by atoms with Gasteiger partial charge in [0, 0.05) is 6.54 Å². The number of benzene rings is 1. The van der Waals surface area contributed by atoms with Gasteiger partial charge in [-0.25, -0.2) is 9.69 Å². The van der Waals surface area contributed by atoms with Gasteiger partial charge in [0.2, 0.25) is 0 Å². The Hall–Kier alpha value is -2.39. The number of hydrogen-bond donors (Lipinski definition) is 1. The van der Waals surface area contributed by atoms with Crippen LogP contribution in [0.2, 0.25) is 0 Å². The normalized spacial score (nSPS) is 25.6. The number of urea groups is 1. The van der Waals surface area contributed by atoms with E-state index < -0.39 is 24.1 Å². The summed E-state index contributed by atoms with van der Waals surface area (Å²) in [5, 5.41) is 18.7. The molecule has 0 unspecified atom stereocenters. The van der Waals surface area contributed by atoms with E-state index in [2.05, 4.69) is 0 Å². The fourth-order valence-corrected chi connectivity index (χ4v) is 2.77. The van der Waals surface area contributed by atoms with E-state index >= 15 is 0 Å². The molecule has 2 atom stereocenters. The molecule has 0 aliphatic carbocycles. The monoisotopic (exact) mass is 271 g/mol. The van der Waals surface area contributed by atoms with Crippen molar-refractivity contribution in [1.82, 2.24) is 4.90 Å². The topological polar surface area (TPSA) is 84.6 Å². The largest absolute Gasteiger partial charge is 0.390 e. The third-order valence-corrected chi connectivity index (χ3v) is 3.76. The maximum absolute atomic E-state index is 12.4. The average Bonchev–Trinajstić information content (AvgIpc) is 2.72. The zero-order valence-corrected chi connectivity index (χ0v) is 10.7. The molecular weight excluding hydrogens is 258 g/mol. The summed E-state index contributed by atoms with van der Waals surface area (Å²) < 4.78 is 0. The Morgan fingerprint density at radius 2 is 1.95 bits per heavy atom. The molecule has 2 fully saturated rings. The smallest absolute Gasteiger partial charge is 0.332 e. The highest BCUT2D eigenvalue weighted by molar-refractivity contribution is 6.21. The molecule has 6 nitrogen and oxygen atoms in total. The molecule has 2 aliphatic heterocycles. The second-order valence-corrected chi connectivity index (χ2v) is 4.96. The van der Waals surface area contributed by atoms with Crippen LogP contribution in [0.5, 0.6) is 0 Å². The number of imide groups is 1. The fourth-order valence-electron chi connectivity index (χ4n) is 2.77. The summed E-state index contributed by atoms with van der Waals surface area (Å²) in [4.78, 5) is 27.2. The summed E-state index contributed by atoms with van der Waals surface area (Å²) in [5.74, 6) is -0.396. The highest BCUT2D eigenvalue weighted by Crippen LogP contribution is 2.30. The van der Waals surface area contributed by atoms with E-state index in [1.54, 1.807) is 24.3 Å². The highest BCUT2D eigenvalue weighted by atomic mass is 16.3. The predicted octanol–water partition coefficient (Wildman–Crippen LogP) is 0.850. The Bertz CT molecular complexity index is 605. The van der Waals surface area contributed by atoms with Crippen LogP contribution in [0.1, 0.15) is 18.4 Å². The molecule has 1 N–H and O–H groups in total. The Morgan fingerprint density at radius 1 is 1.25 bits per heavy atom. The van der Waals surface area contributed by atoms with Gasteiger partial charge >= 0.3 is 6.03 Å². The van der Waals surface area contributed by atoms with Crippen molar-refractivity contribution in [2.24, 2.45) is 0 Å². The quantitative estimate of drug-likeness (QED) is 0.767.